The first-order chi connectivity index (χ1) is 9.83. The van der Waals surface area contributed by atoms with Gasteiger partial charge >= 0.3 is 6.18 Å². The van der Waals surface area contributed by atoms with Gasteiger partial charge in [-0.15, -0.1) is 0 Å². The van der Waals surface area contributed by atoms with Gasteiger partial charge in [0.1, 0.15) is 6.33 Å². The molecule has 0 saturated heterocycles. The van der Waals surface area contributed by atoms with Crippen molar-refractivity contribution in [2.24, 2.45) is 0 Å². The van der Waals surface area contributed by atoms with Crippen LogP contribution in [0.5, 0.6) is 0 Å². The van der Waals surface area contributed by atoms with E-state index in [0.717, 1.165) is 5.69 Å². The summed E-state index contributed by atoms with van der Waals surface area (Å²) in [5.74, 6) is 0. The molecule has 21 heavy (non-hydrogen) atoms. The lowest BCUT2D eigenvalue weighted by Gasteiger charge is -2.21. The van der Waals surface area contributed by atoms with Gasteiger partial charge in [-0.2, -0.15) is 13.2 Å². The van der Waals surface area contributed by atoms with Crippen LogP contribution in [0, 0.1) is 6.92 Å². The quantitative estimate of drug-likeness (QED) is 0.803. The monoisotopic (exact) mass is 312 g/mol. The Kier molecular flexibility index (Phi) is 3.20. The van der Waals surface area contributed by atoms with E-state index in [1.54, 1.807) is 18.2 Å². The molecule has 0 spiro atoms. The number of nitrogens with zero attached hydrogens (tertiary/aromatic N) is 2. The van der Waals surface area contributed by atoms with E-state index in [1.165, 1.54) is 12.4 Å². The molecule has 0 atom stereocenters. The van der Waals surface area contributed by atoms with Gasteiger partial charge in [-0.25, -0.2) is 9.97 Å². The smallest absolute Gasteiger partial charge is 0.242 e. The molecule has 1 aliphatic carbocycles. The maximum atomic E-state index is 13.2. The zero-order valence-electron chi connectivity index (χ0n) is 11.2. The minimum absolute atomic E-state index is 0.0994. The van der Waals surface area contributed by atoms with E-state index in [0.29, 0.717) is 11.3 Å². The summed E-state index contributed by atoms with van der Waals surface area (Å²) >= 11 is 6.11. The molecule has 1 saturated carbocycles. The molecule has 0 unspecified atom stereocenters. The summed E-state index contributed by atoms with van der Waals surface area (Å²) in [5, 5.41) is 0.138. The second-order valence-corrected chi connectivity index (χ2v) is 5.73. The number of hydrogen-bond donors (Lipinski definition) is 0. The first-order valence-corrected chi connectivity index (χ1v) is 6.87. The lowest BCUT2D eigenvalue weighted by Crippen LogP contribution is -2.28. The fourth-order valence-corrected chi connectivity index (χ4v) is 2.87. The van der Waals surface area contributed by atoms with Gasteiger partial charge in [0, 0.05) is 16.3 Å². The average Bonchev–Trinajstić information content (AvgIpc) is 3.19. The van der Waals surface area contributed by atoms with Crippen LogP contribution in [0.1, 0.15) is 24.1 Å². The zero-order chi connectivity index (χ0) is 15.3. The van der Waals surface area contributed by atoms with Gasteiger partial charge in [0.25, 0.3) is 0 Å². The van der Waals surface area contributed by atoms with Crippen LogP contribution in [0.25, 0.3) is 11.3 Å². The first kappa shape index (κ1) is 14.3. The van der Waals surface area contributed by atoms with Crippen molar-refractivity contribution in [2.75, 3.05) is 0 Å². The second kappa shape index (κ2) is 4.70. The standard InChI is InChI=1S/C15H12ClF3N2/c1-9-6-13(21-8-20-9)10-2-3-11(12(16)7-10)14(4-5-14)15(17,18)19/h2-3,6-8H,4-5H2,1H3. The fraction of sp³-hybridized carbons (Fsp3) is 0.333. The molecule has 1 aromatic carbocycles. The van der Waals surface area contributed by atoms with Crippen molar-refractivity contribution in [1.29, 1.82) is 0 Å². The van der Waals surface area contributed by atoms with Gasteiger partial charge in [0.05, 0.1) is 11.1 Å². The Morgan fingerprint density at radius 1 is 1.14 bits per heavy atom. The normalized spacial score (nSPS) is 16.8. The minimum atomic E-state index is -4.26. The first-order valence-electron chi connectivity index (χ1n) is 6.49. The summed E-state index contributed by atoms with van der Waals surface area (Å²) in [7, 11) is 0. The Labute approximate surface area is 125 Å². The summed E-state index contributed by atoms with van der Waals surface area (Å²) in [4.78, 5) is 8.11. The third-order valence-electron chi connectivity index (χ3n) is 3.88. The topological polar surface area (TPSA) is 25.8 Å². The van der Waals surface area contributed by atoms with E-state index in [-0.39, 0.29) is 23.4 Å². The van der Waals surface area contributed by atoms with Gasteiger partial charge in [0.15, 0.2) is 0 Å². The minimum Gasteiger partial charge on any atom is -0.242 e. The summed E-state index contributed by atoms with van der Waals surface area (Å²) in [6.07, 6.45) is -2.64. The van der Waals surface area contributed by atoms with Crippen molar-refractivity contribution in [1.82, 2.24) is 9.97 Å². The van der Waals surface area contributed by atoms with E-state index in [2.05, 4.69) is 9.97 Å². The van der Waals surface area contributed by atoms with Crippen LogP contribution in [-0.4, -0.2) is 16.1 Å². The van der Waals surface area contributed by atoms with Gasteiger partial charge < -0.3 is 0 Å². The van der Waals surface area contributed by atoms with Crippen molar-refractivity contribution >= 4 is 11.6 Å². The Morgan fingerprint density at radius 3 is 2.38 bits per heavy atom. The summed E-state index contributed by atoms with van der Waals surface area (Å²) < 4.78 is 39.5. The molecule has 1 fully saturated rings. The average molecular weight is 313 g/mol. The molecule has 0 N–H and O–H groups in total. The Bertz CT molecular complexity index is 694. The van der Waals surface area contributed by atoms with Crippen molar-refractivity contribution < 1.29 is 13.2 Å². The number of hydrogen-bond acceptors (Lipinski definition) is 2. The highest BCUT2D eigenvalue weighted by Crippen LogP contribution is 2.60. The van der Waals surface area contributed by atoms with Gasteiger partial charge in [-0.1, -0.05) is 23.7 Å². The Morgan fingerprint density at radius 2 is 1.86 bits per heavy atom. The van der Waals surface area contributed by atoms with E-state index in [4.69, 9.17) is 11.6 Å². The maximum Gasteiger partial charge on any atom is 0.398 e. The third kappa shape index (κ3) is 2.39. The fourth-order valence-electron chi connectivity index (χ4n) is 2.51. The SMILES string of the molecule is Cc1cc(-c2ccc(C3(C(F)(F)F)CC3)c(Cl)c2)ncn1. The molecule has 0 radical (unpaired) electrons. The number of halogens is 4. The lowest BCUT2D eigenvalue weighted by molar-refractivity contribution is -0.160. The van der Waals surface area contributed by atoms with Crippen molar-refractivity contribution in [3.05, 3.63) is 46.9 Å². The predicted octanol–water partition coefficient (Wildman–Crippen LogP) is 4.70. The molecule has 110 valence electrons. The molecule has 1 aliphatic rings. The van der Waals surface area contributed by atoms with Crippen LogP contribution in [0.15, 0.2) is 30.6 Å². The number of alkyl halides is 3. The molecule has 3 rings (SSSR count). The van der Waals surface area contributed by atoms with Crippen LogP contribution in [0.4, 0.5) is 13.2 Å². The third-order valence-corrected chi connectivity index (χ3v) is 4.19. The molecule has 1 heterocycles. The highest BCUT2D eigenvalue weighted by atomic mass is 35.5. The zero-order valence-corrected chi connectivity index (χ0v) is 12.0. The van der Waals surface area contributed by atoms with Crippen molar-refractivity contribution in [2.45, 2.75) is 31.4 Å². The van der Waals surface area contributed by atoms with E-state index in [1.807, 2.05) is 6.92 Å². The molecular formula is C15H12ClF3N2. The summed E-state index contributed by atoms with van der Waals surface area (Å²) in [6, 6.07) is 6.41. The van der Waals surface area contributed by atoms with Crippen LogP contribution in [0.2, 0.25) is 5.02 Å². The van der Waals surface area contributed by atoms with Crippen LogP contribution >= 0.6 is 11.6 Å². The highest BCUT2D eigenvalue weighted by molar-refractivity contribution is 6.31. The van der Waals surface area contributed by atoms with E-state index >= 15 is 0 Å². The molecule has 2 aromatic rings. The number of rotatable bonds is 2. The number of aryl methyl sites for hydroxylation is 1. The Balaban J connectivity index is 2.02. The largest absolute Gasteiger partial charge is 0.398 e. The number of aromatic nitrogens is 2. The van der Waals surface area contributed by atoms with Gasteiger partial charge in [-0.05, 0) is 37.5 Å². The molecule has 6 heteroatoms. The maximum absolute atomic E-state index is 13.2. The number of benzene rings is 1. The van der Waals surface area contributed by atoms with Gasteiger partial charge in [0.2, 0.25) is 0 Å². The molecule has 0 aliphatic heterocycles. The lowest BCUT2D eigenvalue weighted by atomic mass is 9.93. The molecule has 0 amide bonds. The van der Waals surface area contributed by atoms with Crippen LogP contribution < -0.4 is 0 Å². The highest BCUT2D eigenvalue weighted by Gasteiger charge is 2.64. The summed E-state index contributed by atoms with van der Waals surface area (Å²) in [5.41, 5.74) is 0.518. The Hall–Kier alpha value is -1.62. The van der Waals surface area contributed by atoms with E-state index in [9.17, 15) is 13.2 Å². The molecule has 0 bridgehead atoms. The predicted molar refractivity (Wildman–Crippen MR) is 74.2 cm³/mol. The summed E-state index contributed by atoms with van der Waals surface area (Å²) in [6.45, 7) is 1.82. The van der Waals surface area contributed by atoms with Crippen molar-refractivity contribution in [3.63, 3.8) is 0 Å². The van der Waals surface area contributed by atoms with Crippen LogP contribution in [-0.2, 0) is 5.41 Å². The molecular weight excluding hydrogens is 301 g/mol. The van der Waals surface area contributed by atoms with Gasteiger partial charge in [-0.3, -0.25) is 0 Å². The molecule has 1 aromatic heterocycles. The van der Waals surface area contributed by atoms with Crippen LogP contribution in [0.3, 0.4) is 0 Å². The molecule has 2 nitrogen and oxygen atoms in total. The van der Waals surface area contributed by atoms with Crippen molar-refractivity contribution in [3.8, 4) is 11.3 Å². The second-order valence-electron chi connectivity index (χ2n) is 5.32. The van der Waals surface area contributed by atoms with E-state index < -0.39 is 11.6 Å².